The van der Waals surface area contributed by atoms with Gasteiger partial charge in [-0.1, -0.05) is 39.5 Å². The number of aliphatic carboxylic acids is 1. The predicted molar refractivity (Wildman–Crippen MR) is 128 cm³/mol. The molecule has 206 valence electrons. The van der Waals surface area contributed by atoms with Gasteiger partial charge in [0.15, 0.2) is 18.2 Å². The van der Waals surface area contributed by atoms with E-state index in [2.05, 4.69) is 13.8 Å². The van der Waals surface area contributed by atoms with Crippen LogP contribution in [0.15, 0.2) is 0 Å². The molecule has 9 heteroatoms. The summed E-state index contributed by atoms with van der Waals surface area (Å²) >= 11 is 0. The Bertz CT molecular complexity index is 760. The van der Waals surface area contributed by atoms with E-state index >= 15 is 0 Å². The number of rotatable bonds is 13. The van der Waals surface area contributed by atoms with Crippen molar-refractivity contribution in [3.05, 3.63) is 0 Å². The molecule has 8 atom stereocenters. The highest BCUT2D eigenvalue weighted by Crippen LogP contribution is 2.60. The zero-order valence-corrected chi connectivity index (χ0v) is 22.1. The maximum atomic E-state index is 11.4. The van der Waals surface area contributed by atoms with Gasteiger partial charge in [-0.2, -0.15) is 0 Å². The van der Waals surface area contributed by atoms with Crippen LogP contribution in [0, 0.1) is 23.7 Å². The van der Waals surface area contributed by atoms with E-state index in [9.17, 15) is 9.59 Å². The summed E-state index contributed by atoms with van der Waals surface area (Å²) in [6, 6.07) is 0. The summed E-state index contributed by atoms with van der Waals surface area (Å²) < 4.78 is 24.1. The molecule has 0 radical (unpaired) electrons. The maximum absolute atomic E-state index is 11.4. The molecule has 1 aliphatic carbocycles. The summed E-state index contributed by atoms with van der Waals surface area (Å²) in [6.07, 6.45) is 9.07. The molecule has 0 aromatic heterocycles. The van der Waals surface area contributed by atoms with Gasteiger partial charge >= 0.3 is 11.9 Å². The second kappa shape index (κ2) is 12.1. The molecule has 4 aliphatic heterocycles. The van der Waals surface area contributed by atoms with E-state index in [0.29, 0.717) is 25.0 Å². The third-order valence-electron chi connectivity index (χ3n) is 8.72. The van der Waals surface area contributed by atoms with Crippen LogP contribution in [-0.4, -0.2) is 54.2 Å². The molecular weight excluding hydrogens is 468 g/mol. The van der Waals surface area contributed by atoms with E-state index in [1.165, 1.54) is 6.42 Å². The number of carbonyl (C=O) groups is 2. The highest BCUT2D eigenvalue weighted by atomic mass is 17.3. The van der Waals surface area contributed by atoms with Crippen LogP contribution in [0.5, 0.6) is 0 Å². The molecule has 5 rings (SSSR count). The fourth-order valence-electron chi connectivity index (χ4n) is 6.64. The molecule has 0 unspecified atom stereocenters. The Hall–Kier alpha value is -1.26. The summed E-state index contributed by atoms with van der Waals surface area (Å²) in [4.78, 5) is 33.9. The molecule has 5 aliphatic rings. The van der Waals surface area contributed by atoms with Crippen LogP contribution in [0.1, 0.15) is 97.8 Å². The highest BCUT2D eigenvalue weighted by Gasteiger charge is 2.69. The van der Waals surface area contributed by atoms with Gasteiger partial charge in [0.2, 0.25) is 5.79 Å². The van der Waals surface area contributed by atoms with Crippen molar-refractivity contribution in [3.63, 3.8) is 0 Å². The first-order chi connectivity index (χ1) is 17.2. The van der Waals surface area contributed by atoms with Crippen LogP contribution in [0.2, 0.25) is 0 Å². The zero-order chi connectivity index (χ0) is 25.8. The molecule has 1 spiro atoms. The van der Waals surface area contributed by atoms with Gasteiger partial charge in [-0.25, -0.2) is 9.78 Å². The van der Waals surface area contributed by atoms with Crippen LogP contribution >= 0.6 is 0 Å². The first kappa shape index (κ1) is 27.8. The van der Waals surface area contributed by atoms with Gasteiger partial charge < -0.3 is 24.1 Å². The van der Waals surface area contributed by atoms with E-state index in [4.69, 9.17) is 33.8 Å². The van der Waals surface area contributed by atoms with Gasteiger partial charge in [0.1, 0.15) is 0 Å². The summed E-state index contributed by atoms with van der Waals surface area (Å²) in [6.45, 7) is 7.48. The molecule has 0 aromatic rings. The Morgan fingerprint density at radius 3 is 2.39 bits per heavy atom. The van der Waals surface area contributed by atoms with Crippen LogP contribution in [0.25, 0.3) is 0 Å². The zero-order valence-electron chi connectivity index (χ0n) is 22.1. The lowest BCUT2D eigenvalue weighted by Crippen LogP contribution is -2.70. The van der Waals surface area contributed by atoms with Crippen LogP contribution < -0.4 is 0 Å². The van der Waals surface area contributed by atoms with E-state index in [0.717, 1.165) is 57.8 Å². The number of carboxylic acids is 1. The minimum atomic E-state index is -0.982. The number of hydrogen-bond donors (Lipinski definition) is 1. The summed E-state index contributed by atoms with van der Waals surface area (Å²) in [7, 11) is 0. The number of carboxylic acid groups (broad SMARTS) is 1. The summed E-state index contributed by atoms with van der Waals surface area (Å²) in [5.41, 5.74) is -0.544. The first-order valence-electron chi connectivity index (χ1n) is 13.9. The van der Waals surface area contributed by atoms with Gasteiger partial charge in [0.25, 0.3) is 0 Å². The standard InChI is InChI=1S/C27H44O9/c1-18-10-11-21-19(2)24(33-25-27(21)20(18)14-15-26(3,34-25)35-36-27)32-17-9-7-5-4-6-8-16-31-23(30)13-12-22(28)29/h18-21,24-25H,4-17H2,1-3H3,(H,28,29)/t18-,19-,20+,21+,24+,25-,26-,27-/m1/s1. The predicted octanol–water partition coefficient (Wildman–Crippen LogP) is 4.96. The second-order valence-corrected chi connectivity index (χ2v) is 11.4. The van der Waals surface area contributed by atoms with E-state index in [1.54, 1.807) is 0 Å². The normalized spacial score (nSPS) is 39.3. The molecule has 5 fully saturated rings. The molecule has 1 saturated carbocycles. The Morgan fingerprint density at radius 1 is 0.917 bits per heavy atom. The van der Waals surface area contributed by atoms with Crippen molar-refractivity contribution < 1.29 is 43.4 Å². The minimum Gasteiger partial charge on any atom is -0.481 e. The van der Waals surface area contributed by atoms with Crippen LogP contribution in [0.3, 0.4) is 0 Å². The van der Waals surface area contributed by atoms with Crippen molar-refractivity contribution in [2.75, 3.05) is 13.2 Å². The molecule has 1 N–H and O–H groups in total. The van der Waals surface area contributed by atoms with E-state index in [1.807, 2.05) is 6.92 Å². The Morgan fingerprint density at radius 2 is 1.64 bits per heavy atom. The van der Waals surface area contributed by atoms with Crippen molar-refractivity contribution in [2.45, 2.75) is 122 Å². The third-order valence-corrected chi connectivity index (χ3v) is 8.72. The molecule has 4 saturated heterocycles. The molecule has 2 bridgehead atoms. The first-order valence-corrected chi connectivity index (χ1v) is 13.9. The number of carbonyl (C=O) groups excluding carboxylic acids is 1. The summed E-state index contributed by atoms with van der Waals surface area (Å²) in [5, 5.41) is 8.57. The second-order valence-electron chi connectivity index (χ2n) is 11.4. The molecule has 36 heavy (non-hydrogen) atoms. The molecule has 0 amide bonds. The largest absolute Gasteiger partial charge is 0.481 e. The fourth-order valence-corrected chi connectivity index (χ4v) is 6.64. The van der Waals surface area contributed by atoms with Crippen molar-refractivity contribution >= 4 is 11.9 Å². The van der Waals surface area contributed by atoms with Gasteiger partial charge in [0, 0.05) is 24.9 Å². The Labute approximate surface area is 214 Å². The van der Waals surface area contributed by atoms with Crippen molar-refractivity contribution in [1.29, 1.82) is 0 Å². The average molecular weight is 513 g/mol. The number of hydrogen-bond acceptors (Lipinski definition) is 8. The molecule has 0 aromatic carbocycles. The topological polar surface area (TPSA) is 110 Å². The van der Waals surface area contributed by atoms with Gasteiger partial charge in [-0.15, -0.1) is 0 Å². The number of ether oxygens (including phenoxy) is 4. The molecule has 9 nitrogen and oxygen atoms in total. The number of esters is 1. The van der Waals surface area contributed by atoms with Crippen molar-refractivity contribution in [2.24, 2.45) is 23.7 Å². The third kappa shape index (κ3) is 6.07. The number of unbranched alkanes of at least 4 members (excludes halogenated alkanes) is 5. The lowest BCUT2D eigenvalue weighted by Gasteiger charge is -2.60. The van der Waals surface area contributed by atoms with Crippen molar-refractivity contribution in [1.82, 2.24) is 0 Å². The Kier molecular flexibility index (Phi) is 9.31. The van der Waals surface area contributed by atoms with E-state index in [-0.39, 0.29) is 31.0 Å². The van der Waals surface area contributed by atoms with Gasteiger partial charge in [0.05, 0.1) is 19.4 Å². The molecular formula is C27H44O9. The fraction of sp³-hybridized carbons (Fsp3) is 0.926. The summed E-state index contributed by atoms with van der Waals surface area (Å²) in [5.74, 6) is -0.791. The average Bonchev–Trinajstić information content (AvgIpc) is 3.07. The monoisotopic (exact) mass is 512 g/mol. The van der Waals surface area contributed by atoms with E-state index < -0.39 is 29.6 Å². The maximum Gasteiger partial charge on any atom is 0.306 e. The quantitative estimate of drug-likeness (QED) is 0.208. The molecule has 4 heterocycles. The van der Waals surface area contributed by atoms with Crippen LogP contribution in [0.4, 0.5) is 0 Å². The lowest BCUT2D eigenvalue weighted by atomic mass is 9.58. The van der Waals surface area contributed by atoms with Gasteiger partial charge in [-0.3, -0.25) is 9.59 Å². The highest BCUT2D eigenvalue weighted by molar-refractivity contribution is 5.76. The van der Waals surface area contributed by atoms with Gasteiger partial charge in [-0.05, 0) is 50.9 Å². The Balaban J connectivity index is 1.14. The minimum absolute atomic E-state index is 0.0624. The number of fused-ring (bicyclic) bond motifs is 2. The van der Waals surface area contributed by atoms with Crippen LogP contribution in [-0.2, 0) is 38.3 Å². The SMILES string of the molecule is C[C@H]1[C@@H](OCCCCCCCCOC(=O)CCC(=O)O)O[C@@H]2O[C@@]3(C)CC[C@H]4[C@H](C)CC[C@@H]1[C@@]24OO3. The lowest BCUT2D eigenvalue weighted by molar-refractivity contribution is -0.577. The van der Waals surface area contributed by atoms with Crippen molar-refractivity contribution in [3.8, 4) is 0 Å². The smallest absolute Gasteiger partial charge is 0.306 e.